The Hall–Kier alpha value is -4.69. The Balaban J connectivity index is 1.60. The minimum Gasteiger partial charge on any atom is -0.493 e. The molecule has 13 nitrogen and oxygen atoms in total. The van der Waals surface area contributed by atoms with E-state index in [0.717, 1.165) is 9.87 Å². The van der Waals surface area contributed by atoms with Gasteiger partial charge in [0.25, 0.3) is 21.6 Å². The number of carbonyl (C=O) groups excluding carboxylic acids is 1. The summed E-state index contributed by atoms with van der Waals surface area (Å²) in [4.78, 5) is 25.8. The van der Waals surface area contributed by atoms with E-state index >= 15 is 0 Å². The van der Waals surface area contributed by atoms with E-state index in [1.54, 1.807) is 30.3 Å². The first-order chi connectivity index (χ1) is 20.1. The van der Waals surface area contributed by atoms with Gasteiger partial charge in [-0.2, -0.15) is 5.10 Å². The largest absolute Gasteiger partial charge is 0.493 e. The van der Waals surface area contributed by atoms with E-state index in [9.17, 15) is 23.3 Å². The molecule has 1 amide bonds. The second-order valence-electron chi connectivity index (χ2n) is 9.26. The van der Waals surface area contributed by atoms with E-state index in [1.165, 1.54) is 50.8 Å². The molecule has 222 valence electrons. The van der Waals surface area contributed by atoms with Crippen molar-refractivity contribution in [1.82, 2.24) is 5.43 Å². The highest BCUT2D eigenvalue weighted by Crippen LogP contribution is 2.32. The first-order valence-corrected chi connectivity index (χ1v) is 14.3. The van der Waals surface area contributed by atoms with Gasteiger partial charge in [0.15, 0.2) is 11.5 Å². The molecule has 1 aliphatic rings. The summed E-state index contributed by atoms with van der Waals surface area (Å²) in [6.45, 7) is 3.45. The summed E-state index contributed by atoms with van der Waals surface area (Å²) in [5.41, 5.74) is 4.50. The molecule has 4 rings (SSSR count). The van der Waals surface area contributed by atoms with Crippen LogP contribution in [0.3, 0.4) is 0 Å². The van der Waals surface area contributed by atoms with Crippen molar-refractivity contribution in [3.05, 3.63) is 81.9 Å². The lowest BCUT2D eigenvalue weighted by molar-refractivity contribution is -0.384. The first kappa shape index (κ1) is 30.3. The maximum absolute atomic E-state index is 13.8. The lowest BCUT2D eigenvalue weighted by atomic mass is 10.1. The van der Waals surface area contributed by atoms with Crippen LogP contribution < -0.4 is 24.1 Å². The fraction of sp³-hybridized carbons (Fsp3) is 0.286. The molecule has 3 aromatic carbocycles. The van der Waals surface area contributed by atoms with Gasteiger partial charge in [0.2, 0.25) is 0 Å². The van der Waals surface area contributed by atoms with E-state index in [4.69, 9.17) is 14.2 Å². The monoisotopic (exact) mass is 597 g/mol. The van der Waals surface area contributed by atoms with Crippen molar-refractivity contribution in [1.29, 1.82) is 0 Å². The summed E-state index contributed by atoms with van der Waals surface area (Å²) in [6.07, 6.45) is 1.30. The van der Waals surface area contributed by atoms with Crippen LogP contribution in [0.5, 0.6) is 11.5 Å². The van der Waals surface area contributed by atoms with E-state index in [-0.39, 0.29) is 22.0 Å². The number of amides is 1. The summed E-state index contributed by atoms with van der Waals surface area (Å²) in [5.74, 6) is -0.165. The molecule has 0 radical (unpaired) electrons. The van der Waals surface area contributed by atoms with Crippen molar-refractivity contribution < 1.29 is 32.3 Å². The van der Waals surface area contributed by atoms with Gasteiger partial charge in [0, 0.05) is 42.5 Å². The Labute approximate surface area is 243 Å². The fourth-order valence-electron chi connectivity index (χ4n) is 4.32. The maximum atomic E-state index is 13.8. The van der Waals surface area contributed by atoms with Crippen molar-refractivity contribution in [2.24, 2.45) is 5.10 Å². The molecule has 42 heavy (non-hydrogen) atoms. The number of carbonyl (C=O) groups is 1. The minimum absolute atomic E-state index is 0.108. The first-order valence-electron chi connectivity index (χ1n) is 12.9. The molecular weight excluding hydrogens is 566 g/mol. The standard InChI is InChI=1S/C28H31N5O8S/c1-20-4-6-22(7-5-20)32(42(37,38)24-9-11-26(39-2)27(17-24)40-3)19-28(34)30-29-18-21-16-23(33(35)36)8-10-25(21)31-12-14-41-15-13-31/h4-11,16-18H,12-15,19H2,1-3H3,(H,30,34)/b29-18-. The average molecular weight is 598 g/mol. The zero-order chi connectivity index (χ0) is 30.3. The maximum Gasteiger partial charge on any atom is 0.270 e. The zero-order valence-corrected chi connectivity index (χ0v) is 24.2. The van der Waals surface area contributed by atoms with Gasteiger partial charge in [-0.25, -0.2) is 13.8 Å². The van der Waals surface area contributed by atoms with Crippen molar-refractivity contribution in [2.75, 3.05) is 56.3 Å². The van der Waals surface area contributed by atoms with Crippen molar-refractivity contribution in [3.63, 3.8) is 0 Å². The molecular formula is C28H31N5O8S. The van der Waals surface area contributed by atoms with Crippen LogP contribution in [0.4, 0.5) is 17.1 Å². The third kappa shape index (κ3) is 6.95. The summed E-state index contributed by atoms with van der Waals surface area (Å²) in [5, 5.41) is 15.4. The molecule has 0 spiro atoms. The molecule has 1 fully saturated rings. The highest BCUT2D eigenvalue weighted by molar-refractivity contribution is 7.92. The van der Waals surface area contributed by atoms with Gasteiger partial charge in [-0.15, -0.1) is 0 Å². The van der Waals surface area contributed by atoms with Crippen LogP contribution in [0.15, 0.2) is 70.7 Å². The van der Waals surface area contributed by atoms with Gasteiger partial charge in [-0.05, 0) is 37.3 Å². The number of nitro groups is 1. The minimum atomic E-state index is -4.24. The Morgan fingerprint density at radius 2 is 1.76 bits per heavy atom. The fourth-order valence-corrected chi connectivity index (χ4v) is 5.76. The molecule has 1 heterocycles. The lowest BCUT2D eigenvalue weighted by Gasteiger charge is -2.29. The molecule has 0 atom stereocenters. The molecule has 0 bridgehead atoms. The number of nitro benzene ring substituents is 1. The van der Waals surface area contributed by atoms with Crippen molar-refractivity contribution >= 4 is 39.2 Å². The highest BCUT2D eigenvalue weighted by atomic mass is 32.2. The van der Waals surface area contributed by atoms with Crippen molar-refractivity contribution in [3.8, 4) is 11.5 Å². The van der Waals surface area contributed by atoms with E-state index < -0.39 is 27.4 Å². The van der Waals surface area contributed by atoms with E-state index in [1.807, 2.05) is 11.8 Å². The third-order valence-electron chi connectivity index (χ3n) is 6.52. The van der Waals surface area contributed by atoms with Crippen LogP contribution in [0.1, 0.15) is 11.1 Å². The summed E-state index contributed by atoms with van der Waals surface area (Å²) >= 11 is 0. The molecule has 0 unspecified atom stereocenters. The SMILES string of the molecule is COc1ccc(S(=O)(=O)N(CC(=O)N/N=C\c2cc([N+](=O)[O-])ccc2N2CCOCC2)c2ccc(C)cc2)cc1OC. The van der Waals surface area contributed by atoms with E-state index in [0.29, 0.717) is 43.3 Å². The number of ether oxygens (including phenoxy) is 3. The average Bonchev–Trinajstić information content (AvgIpc) is 3.00. The van der Waals surface area contributed by atoms with Crippen LogP contribution in [0.25, 0.3) is 0 Å². The van der Waals surface area contributed by atoms with Crippen LogP contribution in [-0.2, 0) is 19.6 Å². The van der Waals surface area contributed by atoms with Gasteiger partial charge >= 0.3 is 0 Å². The van der Waals surface area contributed by atoms with Crippen LogP contribution >= 0.6 is 0 Å². The Kier molecular flexibility index (Phi) is 9.60. The van der Waals surface area contributed by atoms with Crippen LogP contribution in [0.2, 0.25) is 0 Å². The number of hydrazone groups is 1. The Morgan fingerprint density at radius 1 is 1.07 bits per heavy atom. The summed E-state index contributed by atoms with van der Waals surface area (Å²) in [6, 6.07) is 15.2. The smallest absolute Gasteiger partial charge is 0.270 e. The van der Waals surface area contributed by atoms with Gasteiger partial charge in [0.1, 0.15) is 6.54 Å². The molecule has 1 saturated heterocycles. The Morgan fingerprint density at radius 3 is 2.40 bits per heavy atom. The quantitative estimate of drug-likeness (QED) is 0.200. The molecule has 0 saturated carbocycles. The number of aryl methyl sites for hydroxylation is 1. The third-order valence-corrected chi connectivity index (χ3v) is 8.29. The van der Waals surface area contributed by atoms with E-state index in [2.05, 4.69) is 10.5 Å². The molecule has 1 aliphatic heterocycles. The number of rotatable bonds is 11. The molecule has 0 aromatic heterocycles. The lowest BCUT2D eigenvalue weighted by Crippen LogP contribution is -2.39. The number of sulfonamides is 1. The Bertz CT molecular complexity index is 1570. The molecule has 3 aromatic rings. The van der Waals surface area contributed by atoms with Crippen LogP contribution in [0, 0.1) is 17.0 Å². The number of benzene rings is 3. The number of morpholine rings is 1. The number of hydrogen-bond donors (Lipinski definition) is 1. The summed E-state index contributed by atoms with van der Waals surface area (Å²) in [7, 11) is -1.41. The van der Waals surface area contributed by atoms with Gasteiger partial charge in [0.05, 0.1) is 49.2 Å². The number of nitrogens with one attached hydrogen (secondary N) is 1. The normalized spacial score (nSPS) is 13.5. The molecule has 14 heteroatoms. The van der Waals surface area contributed by atoms with Crippen molar-refractivity contribution in [2.45, 2.75) is 11.8 Å². The summed E-state index contributed by atoms with van der Waals surface area (Å²) < 4.78 is 44.4. The van der Waals surface area contributed by atoms with Gasteiger partial charge < -0.3 is 19.1 Å². The molecule has 1 N–H and O–H groups in total. The molecule has 0 aliphatic carbocycles. The number of non-ortho nitro benzene ring substituents is 1. The number of hydrogen-bond acceptors (Lipinski definition) is 10. The predicted molar refractivity (Wildman–Crippen MR) is 157 cm³/mol. The number of anilines is 2. The highest BCUT2D eigenvalue weighted by Gasteiger charge is 2.28. The number of methoxy groups -OCH3 is 2. The second-order valence-corrected chi connectivity index (χ2v) is 11.1. The predicted octanol–water partition coefficient (Wildman–Crippen LogP) is 3.10. The van der Waals surface area contributed by atoms with Gasteiger partial charge in [-0.3, -0.25) is 19.2 Å². The van der Waals surface area contributed by atoms with Gasteiger partial charge in [-0.1, -0.05) is 17.7 Å². The van der Waals surface area contributed by atoms with Crippen LogP contribution in [-0.4, -0.2) is 72.5 Å². The zero-order valence-electron chi connectivity index (χ0n) is 23.3. The number of nitrogens with zero attached hydrogens (tertiary/aromatic N) is 4. The second kappa shape index (κ2) is 13.3. The topological polar surface area (TPSA) is 153 Å².